The van der Waals surface area contributed by atoms with Crippen LogP contribution >= 0.6 is 0 Å². The summed E-state index contributed by atoms with van der Waals surface area (Å²) in [5.41, 5.74) is 12.5. The first-order valence-electron chi connectivity index (χ1n) is 19.3. The molecule has 11 rings (SSSR count). The fourth-order valence-corrected chi connectivity index (χ4v) is 7.90. The Kier molecular flexibility index (Phi) is 8.07. The van der Waals surface area contributed by atoms with Crippen LogP contribution in [0.5, 0.6) is 11.5 Å². The van der Waals surface area contributed by atoms with Crippen LogP contribution in [0.1, 0.15) is 11.1 Å². The van der Waals surface area contributed by atoms with Crippen molar-refractivity contribution in [3.8, 4) is 79.0 Å². The number of rotatable bonds is 4. The molecular weight excluding hydrogens is 711 g/mol. The molecule has 2 aromatic heterocycles. The molecule has 5 heteroatoms. The van der Waals surface area contributed by atoms with Crippen LogP contribution < -0.4 is 4.74 Å². The third-order valence-electron chi connectivity index (χ3n) is 10.8. The summed E-state index contributed by atoms with van der Waals surface area (Å²) in [5.74, 6) is 3.25. The van der Waals surface area contributed by atoms with Gasteiger partial charge in [-0.05, 0) is 69.8 Å². The van der Waals surface area contributed by atoms with Crippen molar-refractivity contribution in [1.29, 1.82) is 0 Å². The topological polar surface area (TPSA) is 61.0 Å². The molecule has 0 spiro atoms. The molecule has 5 nitrogen and oxygen atoms in total. The van der Waals surface area contributed by atoms with E-state index in [0.29, 0.717) is 17.5 Å². The molecule has 8 aromatic carbocycles. The quantitative estimate of drug-likeness (QED) is 0.180. The van der Waals surface area contributed by atoms with Gasteiger partial charge < -0.3 is 9.15 Å². The van der Waals surface area contributed by atoms with Gasteiger partial charge in [-0.3, -0.25) is 0 Å². The van der Waals surface area contributed by atoms with Crippen molar-refractivity contribution in [3.05, 3.63) is 199 Å². The number of nitrogens with zero attached hydrogens (tertiary/aromatic N) is 3. The van der Waals surface area contributed by atoms with Gasteiger partial charge in [-0.1, -0.05) is 164 Å². The first kappa shape index (κ1) is 33.4. The smallest absolute Gasteiger partial charge is 0.164 e. The van der Waals surface area contributed by atoms with Crippen LogP contribution in [0.25, 0.3) is 102 Å². The maximum Gasteiger partial charge on any atom is 0.164 e. The SMILES string of the molecule is C1=Cc2ccc(-c3nc(-c4ccccc4)nc(-c4cccc(-c5ccccc5)c4)n3)cc2-c2cc3oc4ccccc4c3cc2Oc2ccccc2-c2ccccc21. The average Bonchev–Trinajstić information content (AvgIpc) is 3.65. The number of ether oxygens (including phenoxy) is 1. The van der Waals surface area contributed by atoms with Gasteiger partial charge in [0.25, 0.3) is 0 Å². The zero-order valence-corrected chi connectivity index (χ0v) is 31.2. The van der Waals surface area contributed by atoms with Gasteiger partial charge >= 0.3 is 0 Å². The van der Waals surface area contributed by atoms with E-state index in [0.717, 1.165) is 94.6 Å². The van der Waals surface area contributed by atoms with Crippen LogP contribution in [0.3, 0.4) is 0 Å². The van der Waals surface area contributed by atoms with Crippen LogP contribution in [0.15, 0.2) is 192 Å². The molecule has 272 valence electrons. The predicted octanol–water partition coefficient (Wildman–Crippen LogP) is 14.0. The van der Waals surface area contributed by atoms with E-state index in [1.54, 1.807) is 0 Å². The Morgan fingerprint density at radius 1 is 0.310 bits per heavy atom. The maximum atomic E-state index is 7.05. The average molecular weight is 744 g/mol. The molecule has 0 amide bonds. The van der Waals surface area contributed by atoms with Crippen LogP contribution in [0, 0.1) is 0 Å². The zero-order chi connectivity index (χ0) is 38.4. The van der Waals surface area contributed by atoms with Gasteiger partial charge in [0.15, 0.2) is 17.5 Å². The molecule has 0 N–H and O–H groups in total. The van der Waals surface area contributed by atoms with E-state index in [4.69, 9.17) is 24.1 Å². The van der Waals surface area contributed by atoms with Crippen molar-refractivity contribution >= 4 is 34.1 Å². The van der Waals surface area contributed by atoms with Crippen LogP contribution in [0.4, 0.5) is 0 Å². The molecule has 1 aliphatic heterocycles. The molecular formula is C53H33N3O2. The maximum absolute atomic E-state index is 7.05. The molecule has 58 heavy (non-hydrogen) atoms. The highest BCUT2D eigenvalue weighted by atomic mass is 16.5. The third-order valence-corrected chi connectivity index (χ3v) is 10.8. The highest BCUT2D eigenvalue weighted by molar-refractivity contribution is 6.07. The van der Waals surface area contributed by atoms with Crippen LogP contribution in [0.2, 0.25) is 0 Å². The second kappa shape index (κ2) is 14.0. The number of fused-ring (bicyclic) bond motifs is 9. The van der Waals surface area contributed by atoms with Gasteiger partial charge in [-0.2, -0.15) is 0 Å². The van der Waals surface area contributed by atoms with Crippen molar-refractivity contribution in [2.45, 2.75) is 0 Å². The summed E-state index contributed by atoms with van der Waals surface area (Å²) in [6.07, 6.45) is 4.37. The molecule has 3 heterocycles. The zero-order valence-electron chi connectivity index (χ0n) is 31.2. The van der Waals surface area contributed by atoms with E-state index < -0.39 is 0 Å². The standard InChI is InChI=1S/C53H33N3O2/c1-3-14-34(15-4-1)38-19-13-20-39(30-38)52-54-51(37-17-5-2-6-18-37)55-53(56-52)40-29-28-36-27-26-35-16-7-8-21-41(35)42-22-9-11-24-47(42)57-50-32-45-43-23-10-12-25-48(43)58-49(45)33-46(50)44(36)31-40/h1-33H. The van der Waals surface area contributed by atoms with E-state index in [1.165, 1.54) is 0 Å². The summed E-state index contributed by atoms with van der Waals surface area (Å²) in [6.45, 7) is 0. The Labute approximate surface area is 335 Å². The first-order valence-corrected chi connectivity index (χ1v) is 19.3. The number of benzene rings is 8. The second-order valence-corrected chi connectivity index (χ2v) is 14.4. The van der Waals surface area contributed by atoms with Gasteiger partial charge in [-0.15, -0.1) is 0 Å². The highest BCUT2D eigenvalue weighted by Crippen LogP contribution is 2.45. The summed E-state index contributed by atoms with van der Waals surface area (Å²) < 4.78 is 13.5. The van der Waals surface area contributed by atoms with E-state index in [-0.39, 0.29) is 0 Å². The monoisotopic (exact) mass is 743 g/mol. The highest BCUT2D eigenvalue weighted by Gasteiger charge is 2.21. The Morgan fingerprint density at radius 2 is 0.914 bits per heavy atom. The van der Waals surface area contributed by atoms with Gasteiger partial charge in [0, 0.05) is 38.6 Å². The number of aromatic nitrogens is 3. The Hall–Kier alpha value is -7.89. The molecule has 1 aliphatic rings. The number of para-hydroxylation sites is 2. The predicted molar refractivity (Wildman–Crippen MR) is 235 cm³/mol. The number of hydrogen-bond donors (Lipinski definition) is 0. The van der Waals surface area contributed by atoms with E-state index in [2.05, 4.69) is 133 Å². The molecule has 0 unspecified atom stereocenters. The molecule has 10 aromatic rings. The minimum atomic E-state index is 0.568. The molecule has 0 saturated heterocycles. The van der Waals surface area contributed by atoms with Gasteiger partial charge in [0.2, 0.25) is 0 Å². The Morgan fingerprint density at radius 3 is 1.72 bits per heavy atom. The second-order valence-electron chi connectivity index (χ2n) is 14.4. The fourth-order valence-electron chi connectivity index (χ4n) is 7.90. The summed E-state index contributed by atoms with van der Waals surface area (Å²) >= 11 is 0. The van der Waals surface area contributed by atoms with Gasteiger partial charge in [-0.25, -0.2) is 15.0 Å². The number of hydrogen-bond acceptors (Lipinski definition) is 5. The molecule has 0 bridgehead atoms. The minimum Gasteiger partial charge on any atom is -0.456 e. The van der Waals surface area contributed by atoms with Crippen molar-refractivity contribution in [3.63, 3.8) is 0 Å². The lowest BCUT2D eigenvalue weighted by molar-refractivity contribution is 0.487. The van der Waals surface area contributed by atoms with Crippen LogP contribution in [-0.2, 0) is 0 Å². The molecule has 0 aliphatic carbocycles. The molecule has 0 fully saturated rings. The Bertz CT molecular complexity index is 3200. The van der Waals surface area contributed by atoms with Gasteiger partial charge in [0.05, 0.1) is 0 Å². The van der Waals surface area contributed by atoms with Crippen molar-refractivity contribution in [1.82, 2.24) is 15.0 Å². The van der Waals surface area contributed by atoms with Crippen molar-refractivity contribution in [2.75, 3.05) is 0 Å². The molecule has 0 radical (unpaired) electrons. The lowest BCUT2D eigenvalue weighted by Gasteiger charge is -2.17. The van der Waals surface area contributed by atoms with Crippen molar-refractivity contribution < 1.29 is 9.15 Å². The largest absolute Gasteiger partial charge is 0.456 e. The van der Waals surface area contributed by atoms with Gasteiger partial charge in [0.1, 0.15) is 22.7 Å². The lowest BCUT2D eigenvalue weighted by Crippen LogP contribution is -2.01. The molecule has 0 atom stereocenters. The first-order chi connectivity index (χ1) is 28.7. The summed E-state index contributed by atoms with van der Waals surface area (Å²) in [4.78, 5) is 15.4. The lowest BCUT2D eigenvalue weighted by atomic mass is 9.94. The minimum absolute atomic E-state index is 0.568. The van der Waals surface area contributed by atoms with Crippen molar-refractivity contribution in [2.24, 2.45) is 0 Å². The van der Waals surface area contributed by atoms with E-state index >= 15 is 0 Å². The number of furan rings is 1. The molecule has 0 saturated carbocycles. The Balaban J connectivity index is 1.15. The summed E-state index contributed by atoms with van der Waals surface area (Å²) in [5, 5.41) is 2.02. The van der Waals surface area contributed by atoms with E-state index in [9.17, 15) is 0 Å². The third kappa shape index (κ3) is 6.03. The fraction of sp³-hybridized carbons (Fsp3) is 0. The summed E-state index contributed by atoms with van der Waals surface area (Å²) in [6, 6.07) is 64.3. The summed E-state index contributed by atoms with van der Waals surface area (Å²) in [7, 11) is 0. The normalized spacial score (nSPS) is 11.9. The van der Waals surface area contributed by atoms with E-state index in [1.807, 2.05) is 66.7 Å². The van der Waals surface area contributed by atoms with Crippen LogP contribution in [-0.4, -0.2) is 15.0 Å².